The van der Waals surface area contributed by atoms with Gasteiger partial charge in [0.25, 0.3) is 5.91 Å². The molecule has 0 aliphatic heterocycles. The van der Waals surface area contributed by atoms with Gasteiger partial charge < -0.3 is 11.1 Å². The maximum absolute atomic E-state index is 12.3. The largest absolute Gasteiger partial charge is 0.397 e. The van der Waals surface area contributed by atoms with Crippen molar-refractivity contribution in [2.24, 2.45) is 11.3 Å². The molecule has 0 radical (unpaired) electrons. The Bertz CT molecular complexity index is 510. The number of nitrogens with one attached hydrogen (secondary N) is 1. The molecule has 1 aromatic heterocycles. The van der Waals surface area contributed by atoms with E-state index >= 15 is 0 Å². The fourth-order valence-corrected chi connectivity index (χ4v) is 3.62. The lowest BCUT2D eigenvalue weighted by Crippen LogP contribution is -2.37. The molecule has 0 aromatic carbocycles. The smallest absolute Gasteiger partial charge is 0.254 e. The van der Waals surface area contributed by atoms with Crippen LogP contribution < -0.4 is 11.1 Å². The maximum atomic E-state index is 12.3. The molecule has 1 aromatic rings. The van der Waals surface area contributed by atoms with Crippen LogP contribution in [-0.4, -0.2) is 17.4 Å². The molecule has 0 spiro atoms. The summed E-state index contributed by atoms with van der Waals surface area (Å²) in [6.45, 7) is 5.18. The molecule has 2 rings (SSSR count). The molecule has 4 nitrogen and oxygen atoms in total. The number of halogens is 1. The van der Waals surface area contributed by atoms with E-state index in [1.807, 2.05) is 0 Å². The van der Waals surface area contributed by atoms with Crippen LogP contribution in [-0.2, 0) is 0 Å². The molecule has 1 aliphatic carbocycles. The van der Waals surface area contributed by atoms with Gasteiger partial charge in [-0.25, -0.2) is 4.98 Å². The summed E-state index contributed by atoms with van der Waals surface area (Å²) in [5.74, 6) is 0.451. The number of nitrogens with zero attached hydrogens (tertiary/aromatic N) is 1. The molecule has 116 valence electrons. The number of aromatic nitrogens is 1. The van der Waals surface area contributed by atoms with E-state index < -0.39 is 0 Å². The van der Waals surface area contributed by atoms with Gasteiger partial charge in [-0.2, -0.15) is 0 Å². The first kappa shape index (κ1) is 16.1. The van der Waals surface area contributed by atoms with Crippen LogP contribution in [0, 0.1) is 11.3 Å². The molecule has 0 unspecified atom stereocenters. The van der Waals surface area contributed by atoms with E-state index in [0.29, 0.717) is 23.7 Å². The molecule has 0 bridgehead atoms. The number of hydrogen-bond donors (Lipinski definition) is 2. The van der Waals surface area contributed by atoms with Crippen LogP contribution in [0.25, 0.3) is 0 Å². The quantitative estimate of drug-likeness (QED) is 0.816. The molecule has 21 heavy (non-hydrogen) atoms. The summed E-state index contributed by atoms with van der Waals surface area (Å²) in [6.07, 6.45) is 7.49. The third kappa shape index (κ3) is 4.10. The average Bonchev–Trinajstić information content (AvgIpc) is 2.87. The van der Waals surface area contributed by atoms with E-state index in [4.69, 9.17) is 17.3 Å². The highest BCUT2D eigenvalue weighted by molar-refractivity contribution is 6.32. The van der Waals surface area contributed by atoms with Crippen molar-refractivity contribution in [2.75, 3.05) is 12.3 Å². The van der Waals surface area contributed by atoms with Crippen LogP contribution >= 0.6 is 11.6 Å². The highest BCUT2D eigenvalue weighted by Gasteiger charge is 2.34. The van der Waals surface area contributed by atoms with Gasteiger partial charge in [0.05, 0.1) is 17.4 Å². The average molecular weight is 310 g/mol. The van der Waals surface area contributed by atoms with Crippen LogP contribution in [0.3, 0.4) is 0 Å². The minimum absolute atomic E-state index is 0.185. The second kappa shape index (κ2) is 6.65. The van der Waals surface area contributed by atoms with Crippen LogP contribution in [0.5, 0.6) is 0 Å². The van der Waals surface area contributed by atoms with Crippen molar-refractivity contribution < 1.29 is 4.79 Å². The van der Waals surface area contributed by atoms with Crippen LogP contribution in [0.15, 0.2) is 12.3 Å². The zero-order valence-electron chi connectivity index (χ0n) is 12.8. The fourth-order valence-electron chi connectivity index (χ4n) is 3.43. The Morgan fingerprint density at radius 2 is 2.14 bits per heavy atom. The summed E-state index contributed by atoms with van der Waals surface area (Å²) >= 11 is 5.98. The number of nitrogen functional groups attached to an aromatic ring is 1. The van der Waals surface area contributed by atoms with Crippen LogP contribution in [0.2, 0.25) is 5.15 Å². The summed E-state index contributed by atoms with van der Waals surface area (Å²) in [4.78, 5) is 16.2. The minimum Gasteiger partial charge on any atom is -0.397 e. The van der Waals surface area contributed by atoms with E-state index in [0.717, 1.165) is 6.42 Å². The zero-order valence-corrected chi connectivity index (χ0v) is 13.5. The molecule has 1 heterocycles. The maximum Gasteiger partial charge on any atom is 0.254 e. The second-order valence-electron chi connectivity index (χ2n) is 6.59. The standard InChI is InChI=1S/C16H24ClN3O/c1-11(2)8-16(5-3-4-6-16)10-20-15(21)13-7-12(18)9-19-14(13)17/h7,9,11H,3-6,8,10,18H2,1-2H3,(H,20,21). The highest BCUT2D eigenvalue weighted by Crippen LogP contribution is 2.42. The lowest BCUT2D eigenvalue weighted by Gasteiger charge is -2.31. The normalized spacial score (nSPS) is 17.1. The van der Waals surface area contributed by atoms with Gasteiger partial charge in [-0.05, 0) is 36.7 Å². The molecule has 3 N–H and O–H groups in total. The van der Waals surface area contributed by atoms with Crippen molar-refractivity contribution in [3.63, 3.8) is 0 Å². The lowest BCUT2D eigenvalue weighted by atomic mass is 9.78. The molecule has 1 amide bonds. The second-order valence-corrected chi connectivity index (χ2v) is 6.95. The monoisotopic (exact) mass is 309 g/mol. The summed E-state index contributed by atoms with van der Waals surface area (Å²) in [7, 11) is 0. The highest BCUT2D eigenvalue weighted by atomic mass is 35.5. The number of amides is 1. The molecular formula is C16H24ClN3O. The SMILES string of the molecule is CC(C)CC1(CNC(=O)c2cc(N)cnc2Cl)CCCC1. The van der Waals surface area contributed by atoms with Crippen molar-refractivity contribution >= 4 is 23.2 Å². The van der Waals surface area contributed by atoms with Crippen LogP contribution in [0.4, 0.5) is 5.69 Å². The number of pyridine rings is 1. The van der Waals surface area contributed by atoms with Gasteiger partial charge in [0.2, 0.25) is 0 Å². The lowest BCUT2D eigenvalue weighted by molar-refractivity contribution is 0.0921. The number of carbonyl (C=O) groups is 1. The Morgan fingerprint density at radius 3 is 2.76 bits per heavy atom. The molecular weight excluding hydrogens is 286 g/mol. The Balaban J connectivity index is 2.03. The zero-order chi connectivity index (χ0) is 15.5. The summed E-state index contributed by atoms with van der Waals surface area (Å²) < 4.78 is 0. The van der Waals surface area contributed by atoms with Crippen LogP contribution in [0.1, 0.15) is 56.3 Å². The fraction of sp³-hybridized carbons (Fsp3) is 0.625. The van der Waals surface area contributed by atoms with Gasteiger partial charge in [0, 0.05) is 6.54 Å². The number of carbonyl (C=O) groups excluding carboxylic acids is 1. The molecule has 5 heteroatoms. The predicted molar refractivity (Wildman–Crippen MR) is 86.3 cm³/mol. The van der Waals surface area contributed by atoms with Crippen molar-refractivity contribution in [2.45, 2.75) is 46.0 Å². The van der Waals surface area contributed by atoms with Crippen molar-refractivity contribution in [1.82, 2.24) is 10.3 Å². The van der Waals surface area contributed by atoms with Gasteiger partial charge in [-0.3, -0.25) is 4.79 Å². The molecule has 1 fully saturated rings. The van der Waals surface area contributed by atoms with Gasteiger partial charge >= 0.3 is 0 Å². The first-order chi connectivity index (χ1) is 9.92. The van der Waals surface area contributed by atoms with E-state index in [9.17, 15) is 4.79 Å². The summed E-state index contributed by atoms with van der Waals surface area (Å²) in [6, 6.07) is 1.58. The number of hydrogen-bond acceptors (Lipinski definition) is 3. The van der Waals surface area contributed by atoms with Crippen molar-refractivity contribution in [3.8, 4) is 0 Å². The minimum atomic E-state index is -0.185. The number of anilines is 1. The Hall–Kier alpha value is -1.29. The Morgan fingerprint density at radius 1 is 1.48 bits per heavy atom. The van der Waals surface area contributed by atoms with E-state index in [1.165, 1.54) is 31.9 Å². The topological polar surface area (TPSA) is 68.0 Å². The van der Waals surface area contributed by atoms with Gasteiger partial charge in [0.15, 0.2) is 0 Å². The van der Waals surface area contributed by atoms with E-state index in [-0.39, 0.29) is 16.5 Å². The predicted octanol–water partition coefficient (Wildman–Crippen LogP) is 3.65. The molecule has 1 saturated carbocycles. The van der Waals surface area contributed by atoms with E-state index in [2.05, 4.69) is 24.1 Å². The summed E-state index contributed by atoms with van der Waals surface area (Å²) in [5, 5.41) is 3.24. The Kier molecular flexibility index (Phi) is 5.09. The third-order valence-corrected chi connectivity index (χ3v) is 4.54. The van der Waals surface area contributed by atoms with E-state index in [1.54, 1.807) is 6.07 Å². The number of rotatable bonds is 5. The van der Waals surface area contributed by atoms with Gasteiger partial charge in [0.1, 0.15) is 5.15 Å². The van der Waals surface area contributed by atoms with Gasteiger partial charge in [-0.1, -0.05) is 38.3 Å². The number of nitrogens with two attached hydrogens (primary N) is 1. The summed E-state index contributed by atoms with van der Waals surface area (Å²) in [5.41, 5.74) is 6.72. The Labute approximate surface area is 131 Å². The molecule has 0 saturated heterocycles. The first-order valence-electron chi connectivity index (χ1n) is 7.61. The third-order valence-electron chi connectivity index (χ3n) is 4.23. The molecule has 1 aliphatic rings. The molecule has 0 atom stereocenters. The van der Waals surface area contributed by atoms with Gasteiger partial charge in [-0.15, -0.1) is 0 Å². The van der Waals surface area contributed by atoms with Crippen molar-refractivity contribution in [3.05, 3.63) is 23.0 Å². The van der Waals surface area contributed by atoms with Crippen molar-refractivity contribution in [1.29, 1.82) is 0 Å². The first-order valence-corrected chi connectivity index (χ1v) is 7.99.